The van der Waals surface area contributed by atoms with E-state index in [0.29, 0.717) is 0 Å². The zero-order valence-electron chi connectivity index (χ0n) is 10.1. The number of aryl methyl sites for hydroxylation is 1. The van der Waals surface area contributed by atoms with Crippen LogP contribution in [0.25, 0.3) is 10.2 Å². The fourth-order valence-corrected chi connectivity index (χ4v) is 3.44. The highest BCUT2D eigenvalue weighted by Gasteiger charge is 2.03. The van der Waals surface area contributed by atoms with Crippen molar-refractivity contribution in [1.29, 1.82) is 0 Å². The van der Waals surface area contributed by atoms with Crippen molar-refractivity contribution in [1.82, 2.24) is 4.98 Å². The Kier molecular flexibility index (Phi) is 3.30. The van der Waals surface area contributed by atoms with Gasteiger partial charge in [0.15, 0.2) is 5.13 Å². The molecule has 2 aromatic heterocycles. The van der Waals surface area contributed by atoms with Gasteiger partial charge in [0.1, 0.15) is 0 Å². The van der Waals surface area contributed by atoms with Gasteiger partial charge in [-0.15, -0.1) is 11.3 Å². The molecule has 0 amide bonds. The van der Waals surface area contributed by atoms with Crippen molar-refractivity contribution in [2.75, 3.05) is 11.9 Å². The molecule has 18 heavy (non-hydrogen) atoms. The lowest BCUT2D eigenvalue weighted by Gasteiger charge is -1.99. The third-order valence-electron chi connectivity index (χ3n) is 2.77. The van der Waals surface area contributed by atoms with E-state index in [1.54, 1.807) is 11.3 Å². The summed E-state index contributed by atoms with van der Waals surface area (Å²) in [6, 6.07) is 10.7. The van der Waals surface area contributed by atoms with Crippen molar-refractivity contribution in [2.24, 2.45) is 0 Å². The van der Waals surface area contributed by atoms with Crippen LogP contribution in [0.5, 0.6) is 0 Å². The van der Waals surface area contributed by atoms with E-state index in [1.165, 1.54) is 15.1 Å². The molecular formula is C14H14N2S2. The summed E-state index contributed by atoms with van der Waals surface area (Å²) in [4.78, 5) is 6.02. The van der Waals surface area contributed by atoms with Crippen LogP contribution in [0.2, 0.25) is 0 Å². The molecule has 3 aromatic rings. The monoisotopic (exact) mass is 274 g/mol. The average molecular weight is 274 g/mol. The minimum Gasteiger partial charge on any atom is -0.361 e. The van der Waals surface area contributed by atoms with Gasteiger partial charge in [0.2, 0.25) is 0 Å². The topological polar surface area (TPSA) is 24.9 Å². The Balaban J connectivity index is 1.67. The fraction of sp³-hybridized carbons (Fsp3) is 0.214. The Hall–Kier alpha value is -1.39. The molecule has 0 aliphatic heterocycles. The highest BCUT2D eigenvalue weighted by Crippen LogP contribution is 2.26. The van der Waals surface area contributed by atoms with Gasteiger partial charge in [0, 0.05) is 11.4 Å². The molecule has 4 heteroatoms. The lowest BCUT2D eigenvalue weighted by Crippen LogP contribution is -2.03. The van der Waals surface area contributed by atoms with Gasteiger partial charge in [-0.25, -0.2) is 4.98 Å². The van der Waals surface area contributed by atoms with Gasteiger partial charge < -0.3 is 5.32 Å². The summed E-state index contributed by atoms with van der Waals surface area (Å²) in [7, 11) is 0. The maximum absolute atomic E-state index is 4.60. The number of hydrogen-bond donors (Lipinski definition) is 1. The highest BCUT2D eigenvalue weighted by atomic mass is 32.1. The summed E-state index contributed by atoms with van der Waals surface area (Å²) in [6.45, 7) is 3.04. The summed E-state index contributed by atoms with van der Waals surface area (Å²) in [5.41, 5.74) is 2.36. The number of fused-ring (bicyclic) bond motifs is 1. The van der Waals surface area contributed by atoms with Crippen molar-refractivity contribution in [3.05, 3.63) is 46.2 Å². The van der Waals surface area contributed by atoms with E-state index in [0.717, 1.165) is 23.6 Å². The molecule has 0 aliphatic rings. The Labute approximate surface area is 114 Å². The van der Waals surface area contributed by atoms with E-state index in [4.69, 9.17) is 0 Å². The van der Waals surface area contributed by atoms with Gasteiger partial charge in [-0.1, -0.05) is 23.5 Å². The largest absolute Gasteiger partial charge is 0.361 e. The summed E-state index contributed by atoms with van der Waals surface area (Å²) in [5, 5.41) is 6.55. The maximum atomic E-state index is 4.60. The molecule has 0 spiro atoms. The SMILES string of the molecule is Cc1ccc2sc(NCCc3cccs3)nc2c1. The van der Waals surface area contributed by atoms with Crippen molar-refractivity contribution in [3.63, 3.8) is 0 Å². The molecule has 0 atom stereocenters. The first-order valence-electron chi connectivity index (χ1n) is 5.95. The van der Waals surface area contributed by atoms with Crippen molar-refractivity contribution < 1.29 is 0 Å². The van der Waals surface area contributed by atoms with Crippen molar-refractivity contribution >= 4 is 38.0 Å². The first-order chi connectivity index (χ1) is 8.81. The quantitative estimate of drug-likeness (QED) is 0.766. The third kappa shape index (κ3) is 2.54. The molecule has 2 nitrogen and oxygen atoms in total. The zero-order valence-corrected chi connectivity index (χ0v) is 11.8. The van der Waals surface area contributed by atoms with Crippen molar-refractivity contribution in [3.8, 4) is 0 Å². The summed E-state index contributed by atoms with van der Waals surface area (Å²) in [5.74, 6) is 0. The second kappa shape index (κ2) is 5.08. The van der Waals surface area contributed by atoms with Gasteiger partial charge in [0.25, 0.3) is 0 Å². The Morgan fingerprint density at radius 2 is 2.22 bits per heavy atom. The molecule has 1 aromatic carbocycles. The van der Waals surface area contributed by atoms with E-state index < -0.39 is 0 Å². The van der Waals surface area contributed by atoms with Crippen LogP contribution in [0.1, 0.15) is 10.4 Å². The van der Waals surface area contributed by atoms with Gasteiger partial charge >= 0.3 is 0 Å². The molecular weight excluding hydrogens is 260 g/mol. The Morgan fingerprint density at radius 3 is 3.06 bits per heavy atom. The lowest BCUT2D eigenvalue weighted by atomic mass is 10.2. The molecule has 92 valence electrons. The number of aromatic nitrogens is 1. The number of thiazole rings is 1. The number of nitrogens with one attached hydrogen (secondary N) is 1. The molecule has 0 fully saturated rings. The molecule has 1 N–H and O–H groups in total. The minimum absolute atomic E-state index is 0.944. The van der Waals surface area contributed by atoms with Crippen LogP contribution in [-0.2, 0) is 6.42 Å². The standard InChI is InChI=1S/C14H14N2S2/c1-10-4-5-13-12(9-10)16-14(18-13)15-7-6-11-3-2-8-17-11/h2-5,8-9H,6-7H2,1H3,(H,15,16). The van der Waals surface area contributed by atoms with Crippen LogP contribution in [0.3, 0.4) is 0 Å². The molecule has 0 bridgehead atoms. The van der Waals surface area contributed by atoms with E-state index in [1.807, 2.05) is 11.3 Å². The molecule has 0 saturated heterocycles. The normalized spacial score (nSPS) is 10.9. The van der Waals surface area contributed by atoms with Gasteiger partial charge in [-0.3, -0.25) is 0 Å². The lowest BCUT2D eigenvalue weighted by molar-refractivity contribution is 1.04. The first-order valence-corrected chi connectivity index (χ1v) is 7.64. The van der Waals surface area contributed by atoms with E-state index in [9.17, 15) is 0 Å². The van der Waals surface area contributed by atoms with Crippen LogP contribution < -0.4 is 5.32 Å². The predicted octanol–water partition coefficient (Wildman–Crippen LogP) is 4.32. The molecule has 2 heterocycles. The number of rotatable bonds is 4. The maximum Gasteiger partial charge on any atom is 0.183 e. The number of thiophene rings is 1. The van der Waals surface area contributed by atoms with Crippen molar-refractivity contribution in [2.45, 2.75) is 13.3 Å². The summed E-state index contributed by atoms with van der Waals surface area (Å²) < 4.78 is 1.25. The number of benzene rings is 1. The molecule has 0 saturated carbocycles. The Morgan fingerprint density at radius 1 is 1.28 bits per heavy atom. The number of hydrogen-bond acceptors (Lipinski definition) is 4. The van der Waals surface area contributed by atoms with Gasteiger partial charge in [0.05, 0.1) is 10.2 Å². The second-order valence-electron chi connectivity index (χ2n) is 4.25. The number of nitrogens with zero attached hydrogens (tertiary/aromatic N) is 1. The fourth-order valence-electron chi connectivity index (χ4n) is 1.86. The first kappa shape index (κ1) is 11.7. The molecule has 3 rings (SSSR count). The van der Waals surface area contributed by atoms with Gasteiger partial charge in [-0.2, -0.15) is 0 Å². The van der Waals surface area contributed by atoms with Crippen LogP contribution in [0, 0.1) is 6.92 Å². The van der Waals surface area contributed by atoms with Crippen LogP contribution in [-0.4, -0.2) is 11.5 Å². The van der Waals surface area contributed by atoms with Crippen LogP contribution in [0.4, 0.5) is 5.13 Å². The average Bonchev–Trinajstić information content (AvgIpc) is 2.97. The number of anilines is 1. The molecule has 0 unspecified atom stereocenters. The predicted molar refractivity (Wildman–Crippen MR) is 80.9 cm³/mol. The van der Waals surface area contributed by atoms with Gasteiger partial charge in [-0.05, 0) is 42.5 Å². The summed E-state index contributed by atoms with van der Waals surface area (Å²) >= 11 is 3.53. The van der Waals surface area contributed by atoms with E-state index in [-0.39, 0.29) is 0 Å². The third-order valence-corrected chi connectivity index (χ3v) is 4.70. The minimum atomic E-state index is 0.944. The van der Waals surface area contributed by atoms with E-state index in [2.05, 4.69) is 52.9 Å². The van der Waals surface area contributed by atoms with E-state index >= 15 is 0 Å². The molecule has 0 aliphatic carbocycles. The smallest absolute Gasteiger partial charge is 0.183 e. The Bertz CT molecular complexity index is 641. The van der Waals surface area contributed by atoms with Crippen LogP contribution >= 0.6 is 22.7 Å². The summed E-state index contributed by atoms with van der Waals surface area (Å²) in [6.07, 6.45) is 1.06. The highest BCUT2D eigenvalue weighted by molar-refractivity contribution is 7.22. The second-order valence-corrected chi connectivity index (χ2v) is 6.31. The molecule has 0 radical (unpaired) electrons. The van der Waals surface area contributed by atoms with Crippen LogP contribution in [0.15, 0.2) is 35.7 Å². The zero-order chi connectivity index (χ0) is 12.4.